The molecule has 1 aromatic carbocycles. The van der Waals surface area contributed by atoms with Crippen molar-refractivity contribution < 1.29 is 9.90 Å². The Morgan fingerprint density at radius 2 is 2.06 bits per heavy atom. The van der Waals surface area contributed by atoms with Crippen LogP contribution in [-0.4, -0.2) is 20.6 Å². The predicted molar refractivity (Wildman–Crippen MR) is 59.6 cm³/mol. The van der Waals surface area contributed by atoms with Crippen molar-refractivity contribution in [3.8, 4) is 5.69 Å². The number of nitrogens with zero attached hydrogens (tertiary/aromatic N) is 2. The molecule has 4 nitrogen and oxygen atoms in total. The highest BCUT2D eigenvalue weighted by molar-refractivity contribution is 5.70. The highest BCUT2D eigenvalue weighted by Gasteiger charge is 2.02. The van der Waals surface area contributed by atoms with E-state index < -0.39 is 5.97 Å². The number of rotatable bonds is 3. The molecular weight excluding hydrogens is 204 g/mol. The third kappa shape index (κ3) is 2.11. The quantitative estimate of drug-likeness (QED) is 0.851. The molecule has 0 saturated heterocycles. The Bertz CT molecular complexity index is 500. The van der Waals surface area contributed by atoms with Gasteiger partial charge in [0.05, 0.1) is 6.42 Å². The number of aromatic nitrogens is 2. The lowest BCUT2D eigenvalue weighted by molar-refractivity contribution is -0.136. The van der Waals surface area contributed by atoms with E-state index in [-0.39, 0.29) is 6.42 Å². The van der Waals surface area contributed by atoms with Crippen LogP contribution < -0.4 is 0 Å². The van der Waals surface area contributed by atoms with Crippen LogP contribution in [0.3, 0.4) is 0 Å². The summed E-state index contributed by atoms with van der Waals surface area (Å²) in [5.41, 5.74) is 1.79. The third-order valence-corrected chi connectivity index (χ3v) is 2.40. The molecule has 4 heteroatoms. The molecule has 0 amide bonds. The number of carboxylic acid groups (broad SMARTS) is 1. The average molecular weight is 216 g/mol. The van der Waals surface area contributed by atoms with Crippen molar-refractivity contribution in [1.82, 2.24) is 9.55 Å². The zero-order chi connectivity index (χ0) is 11.5. The van der Waals surface area contributed by atoms with Gasteiger partial charge in [-0.1, -0.05) is 12.1 Å². The van der Waals surface area contributed by atoms with Crippen molar-refractivity contribution >= 4 is 5.97 Å². The molecule has 0 radical (unpaired) electrons. The standard InChI is InChI=1S/C12H12N2O2/c1-9-13-6-7-14(9)11-4-2-10(3-5-11)8-12(15)16/h2-7H,8H2,1H3,(H,15,16). The number of carboxylic acids is 1. The summed E-state index contributed by atoms with van der Waals surface area (Å²) in [5, 5.41) is 8.65. The van der Waals surface area contributed by atoms with Crippen LogP contribution in [0.2, 0.25) is 0 Å². The van der Waals surface area contributed by atoms with Crippen LogP contribution in [0.5, 0.6) is 0 Å². The average Bonchev–Trinajstić information content (AvgIpc) is 2.65. The monoisotopic (exact) mass is 216 g/mol. The number of carbonyl (C=O) groups is 1. The zero-order valence-electron chi connectivity index (χ0n) is 8.92. The molecule has 0 aliphatic rings. The van der Waals surface area contributed by atoms with Crippen molar-refractivity contribution in [3.63, 3.8) is 0 Å². The van der Waals surface area contributed by atoms with Crippen molar-refractivity contribution in [3.05, 3.63) is 48.0 Å². The Labute approximate surface area is 93.2 Å². The molecule has 82 valence electrons. The van der Waals surface area contributed by atoms with Gasteiger partial charge in [0, 0.05) is 18.1 Å². The molecule has 0 atom stereocenters. The second-order valence-electron chi connectivity index (χ2n) is 3.58. The molecule has 0 saturated carbocycles. The Hall–Kier alpha value is -2.10. The van der Waals surface area contributed by atoms with E-state index >= 15 is 0 Å². The topological polar surface area (TPSA) is 55.1 Å². The van der Waals surface area contributed by atoms with E-state index in [1.807, 2.05) is 42.0 Å². The van der Waals surface area contributed by atoms with Gasteiger partial charge >= 0.3 is 5.97 Å². The van der Waals surface area contributed by atoms with Gasteiger partial charge in [-0.2, -0.15) is 0 Å². The van der Waals surface area contributed by atoms with Gasteiger partial charge in [0.15, 0.2) is 0 Å². The number of aryl methyl sites for hydroxylation is 1. The molecule has 0 fully saturated rings. The SMILES string of the molecule is Cc1nccn1-c1ccc(CC(=O)O)cc1. The first-order valence-corrected chi connectivity index (χ1v) is 4.98. The van der Waals surface area contributed by atoms with Gasteiger partial charge in [-0.05, 0) is 24.6 Å². The molecular formula is C12H12N2O2. The van der Waals surface area contributed by atoms with Gasteiger partial charge in [0.25, 0.3) is 0 Å². The first-order chi connectivity index (χ1) is 7.66. The van der Waals surface area contributed by atoms with Crippen LogP contribution in [0.4, 0.5) is 0 Å². The lowest BCUT2D eigenvalue weighted by Gasteiger charge is -2.05. The number of benzene rings is 1. The predicted octanol–water partition coefficient (Wildman–Crippen LogP) is 1.81. The Kier molecular flexibility index (Phi) is 2.72. The Morgan fingerprint density at radius 3 is 2.56 bits per heavy atom. The maximum atomic E-state index is 10.5. The van der Waals surface area contributed by atoms with E-state index in [9.17, 15) is 4.79 Å². The molecule has 16 heavy (non-hydrogen) atoms. The van der Waals surface area contributed by atoms with Crippen molar-refractivity contribution in [2.24, 2.45) is 0 Å². The van der Waals surface area contributed by atoms with Gasteiger partial charge in [0.1, 0.15) is 5.82 Å². The summed E-state index contributed by atoms with van der Waals surface area (Å²) in [6, 6.07) is 7.44. The van der Waals surface area contributed by atoms with Gasteiger partial charge in [0.2, 0.25) is 0 Å². The molecule has 2 rings (SSSR count). The summed E-state index contributed by atoms with van der Waals surface area (Å²) < 4.78 is 1.95. The summed E-state index contributed by atoms with van der Waals surface area (Å²) in [6.45, 7) is 1.92. The summed E-state index contributed by atoms with van der Waals surface area (Å²) in [7, 11) is 0. The number of imidazole rings is 1. The van der Waals surface area contributed by atoms with Gasteiger partial charge in [-0.25, -0.2) is 4.98 Å². The highest BCUT2D eigenvalue weighted by atomic mass is 16.4. The lowest BCUT2D eigenvalue weighted by Crippen LogP contribution is -2.01. The van der Waals surface area contributed by atoms with Crippen LogP contribution in [0.25, 0.3) is 5.69 Å². The molecule has 0 bridgehead atoms. The van der Waals surface area contributed by atoms with Crippen LogP contribution >= 0.6 is 0 Å². The normalized spacial score (nSPS) is 10.3. The van der Waals surface area contributed by atoms with E-state index in [0.717, 1.165) is 17.1 Å². The molecule has 1 N–H and O–H groups in total. The minimum Gasteiger partial charge on any atom is -0.481 e. The third-order valence-electron chi connectivity index (χ3n) is 2.40. The Morgan fingerprint density at radius 1 is 1.38 bits per heavy atom. The molecule has 0 unspecified atom stereocenters. The lowest BCUT2D eigenvalue weighted by atomic mass is 10.1. The van der Waals surface area contributed by atoms with Gasteiger partial charge in [-0.3, -0.25) is 4.79 Å². The Balaban J connectivity index is 2.26. The fourth-order valence-corrected chi connectivity index (χ4v) is 1.60. The minimum absolute atomic E-state index is 0.0587. The minimum atomic E-state index is -0.813. The van der Waals surface area contributed by atoms with E-state index in [1.54, 1.807) is 6.20 Å². The van der Waals surface area contributed by atoms with Crippen LogP contribution in [0, 0.1) is 6.92 Å². The smallest absolute Gasteiger partial charge is 0.307 e. The molecule has 0 aliphatic carbocycles. The highest BCUT2D eigenvalue weighted by Crippen LogP contribution is 2.11. The van der Waals surface area contributed by atoms with Crippen molar-refractivity contribution in [2.75, 3.05) is 0 Å². The summed E-state index contributed by atoms with van der Waals surface area (Å²) >= 11 is 0. The molecule has 2 aromatic rings. The first-order valence-electron chi connectivity index (χ1n) is 4.98. The molecule has 0 spiro atoms. The fraction of sp³-hybridized carbons (Fsp3) is 0.167. The zero-order valence-corrected chi connectivity index (χ0v) is 8.92. The molecule has 1 aromatic heterocycles. The fourth-order valence-electron chi connectivity index (χ4n) is 1.60. The van der Waals surface area contributed by atoms with Gasteiger partial charge in [-0.15, -0.1) is 0 Å². The van der Waals surface area contributed by atoms with E-state index in [2.05, 4.69) is 4.98 Å². The van der Waals surface area contributed by atoms with Crippen LogP contribution in [0.1, 0.15) is 11.4 Å². The van der Waals surface area contributed by atoms with Crippen molar-refractivity contribution in [1.29, 1.82) is 0 Å². The van der Waals surface area contributed by atoms with E-state index in [0.29, 0.717) is 0 Å². The number of hydrogen-bond donors (Lipinski definition) is 1. The maximum absolute atomic E-state index is 10.5. The molecule has 0 aliphatic heterocycles. The van der Waals surface area contributed by atoms with Crippen LogP contribution in [-0.2, 0) is 11.2 Å². The summed E-state index contributed by atoms with van der Waals surface area (Å²) in [6.07, 6.45) is 3.67. The maximum Gasteiger partial charge on any atom is 0.307 e. The summed E-state index contributed by atoms with van der Waals surface area (Å²) in [5.74, 6) is 0.0949. The number of hydrogen-bond acceptors (Lipinski definition) is 2. The van der Waals surface area contributed by atoms with Gasteiger partial charge < -0.3 is 9.67 Å². The second-order valence-corrected chi connectivity index (χ2v) is 3.58. The van der Waals surface area contributed by atoms with E-state index in [1.165, 1.54) is 0 Å². The first kappa shape index (κ1) is 10.4. The van der Waals surface area contributed by atoms with E-state index in [4.69, 9.17) is 5.11 Å². The second kappa shape index (κ2) is 4.18. The largest absolute Gasteiger partial charge is 0.481 e. The van der Waals surface area contributed by atoms with Crippen molar-refractivity contribution in [2.45, 2.75) is 13.3 Å². The summed E-state index contributed by atoms with van der Waals surface area (Å²) in [4.78, 5) is 14.7. The number of aliphatic carboxylic acids is 1. The molecule has 1 heterocycles. The van der Waals surface area contributed by atoms with Crippen LogP contribution in [0.15, 0.2) is 36.7 Å².